The Balaban J connectivity index is 2.40. The van der Waals surface area contributed by atoms with Crippen LogP contribution in [0.2, 0.25) is 0 Å². The molecule has 3 nitrogen and oxygen atoms in total. The van der Waals surface area contributed by atoms with Crippen LogP contribution in [-0.2, 0) is 0 Å². The van der Waals surface area contributed by atoms with Crippen molar-refractivity contribution in [2.75, 3.05) is 0 Å². The smallest absolute Gasteiger partial charge is 0.146 e. The molecule has 1 unspecified atom stereocenters. The Kier molecular flexibility index (Phi) is 3.28. The average molecular weight is 237 g/mol. The summed E-state index contributed by atoms with van der Waals surface area (Å²) >= 11 is 1.59. The third kappa shape index (κ3) is 2.11. The summed E-state index contributed by atoms with van der Waals surface area (Å²) in [7, 11) is 0. The van der Waals surface area contributed by atoms with E-state index >= 15 is 0 Å². The van der Waals surface area contributed by atoms with Gasteiger partial charge in [0.05, 0.1) is 12.2 Å². The molecule has 3 N–H and O–H groups in total. The summed E-state index contributed by atoms with van der Waals surface area (Å²) < 4.78 is 13.6. The Labute approximate surface area is 97.1 Å². The Morgan fingerprint density at radius 3 is 2.81 bits per heavy atom. The van der Waals surface area contributed by atoms with E-state index in [1.165, 1.54) is 11.1 Å². The van der Waals surface area contributed by atoms with Crippen LogP contribution in [0.25, 0.3) is 0 Å². The van der Waals surface area contributed by atoms with E-state index in [-0.39, 0.29) is 11.9 Å². The summed E-state index contributed by atoms with van der Waals surface area (Å²) in [4.78, 5) is 5.88. The first-order valence-electron chi connectivity index (χ1n) is 4.84. The van der Waals surface area contributed by atoms with Gasteiger partial charge in [-0.25, -0.2) is 9.82 Å². The molecule has 5 heteroatoms. The van der Waals surface area contributed by atoms with Crippen LogP contribution in [0.4, 0.5) is 4.39 Å². The van der Waals surface area contributed by atoms with Gasteiger partial charge in [0, 0.05) is 21.5 Å². The molecule has 16 heavy (non-hydrogen) atoms. The largest absolute Gasteiger partial charge is 0.271 e. The second-order valence-electron chi connectivity index (χ2n) is 3.45. The molecule has 84 valence electrons. The summed E-state index contributed by atoms with van der Waals surface area (Å²) in [6.07, 6.45) is 2.75. The quantitative estimate of drug-likeness (QED) is 0.635. The van der Waals surface area contributed by atoms with Crippen LogP contribution in [-0.4, -0.2) is 4.98 Å². The second kappa shape index (κ2) is 4.69. The Bertz CT molecular complexity index is 484. The van der Waals surface area contributed by atoms with Gasteiger partial charge in [0.2, 0.25) is 0 Å². The fraction of sp³-hybridized carbons (Fsp3) is 0.182. The minimum atomic E-state index is -0.350. The Morgan fingerprint density at radius 1 is 1.44 bits per heavy atom. The van der Waals surface area contributed by atoms with Gasteiger partial charge in [-0.15, -0.1) is 11.3 Å². The van der Waals surface area contributed by atoms with E-state index in [2.05, 4.69) is 10.4 Å². The molecule has 0 amide bonds. The van der Waals surface area contributed by atoms with Crippen molar-refractivity contribution in [2.45, 2.75) is 13.0 Å². The summed E-state index contributed by atoms with van der Waals surface area (Å²) in [5, 5.41) is 0. The lowest BCUT2D eigenvalue weighted by Crippen LogP contribution is -2.28. The topological polar surface area (TPSA) is 50.9 Å². The van der Waals surface area contributed by atoms with E-state index in [1.54, 1.807) is 23.6 Å². The number of hydrogen-bond acceptors (Lipinski definition) is 4. The number of nitrogens with zero attached hydrogens (tertiary/aromatic N) is 1. The number of aryl methyl sites for hydroxylation is 1. The van der Waals surface area contributed by atoms with Gasteiger partial charge >= 0.3 is 0 Å². The van der Waals surface area contributed by atoms with Gasteiger partial charge in [0.15, 0.2) is 0 Å². The van der Waals surface area contributed by atoms with E-state index in [0.717, 1.165) is 4.88 Å². The fourth-order valence-electron chi connectivity index (χ4n) is 1.55. The molecule has 0 aliphatic heterocycles. The summed E-state index contributed by atoms with van der Waals surface area (Å²) in [5.41, 5.74) is 3.14. The van der Waals surface area contributed by atoms with Crippen molar-refractivity contribution >= 4 is 11.3 Å². The zero-order chi connectivity index (χ0) is 11.5. The summed E-state index contributed by atoms with van der Waals surface area (Å²) in [5.74, 6) is 5.13. The molecule has 0 saturated carbocycles. The number of nitrogens with one attached hydrogen (secondary N) is 1. The molecule has 2 aromatic rings. The van der Waals surface area contributed by atoms with Gasteiger partial charge < -0.3 is 0 Å². The molecule has 0 aliphatic carbocycles. The van der Waals surface area contributed by atoms with Gasteiger partial charge in [0.1, 0.15) is 5.82 Å². The van der Waals surface area contributed by atoms with Gasteiger partial charge in [-0.3, -0.25) is 10.8 Å². The van der Waals surface area contributed by atoms with Crippen LogP contribution in [0.5, 0.6) is 0 Å². The highest BCUT2D eigenvalue weighted by molar-refractivity contribution is 7.12. The van der Waals surface area contributed by atoms with Crippen LogP contribution in [0.1, 0.15) is 21.4 Å². The minimum absolute atomic E-state index is 0.318. The molecule has 0 aromatic carbocycles. The van der Waals surface area contributed by atoms with Crippen molar-refractivity contribution < 1.29 is 4.39 Å². The third-order valence-corrected chi connectivity index (χ3v) is 3.39. The van der Waals surface area contributed by atoms with E-state index in [9.17, 15) is 4.39 Å². The molecule has 0 aliphatic rings. The molecule has 0 bridgehead atoms. The standard InChI is InChI=1S/C11H12FN3S/c1-7-2-3-10(16-7)11(15-13)8-4-5-14-6-9(8)12/h2-6,11,15H,13H2,1H3. The molecule has 2 aromatic heterocycles. The van der Waals surface area contributed by atoms with Gasteiger partial charge in [-0.1, -0.05) is 0 Å². The lowest BCUT2D eigenvalue weighted by atomic mass is 10.1. The SMILES string of the molecule is Cc1ccc(C(NN)c2ccncc2F)s1. The van der Waals surface area contributed by atoms with Gasteiger partial charge in [-0.2, -0.15) is 0 Å². The predicted octanol–water partition coefficient (Wildman–Crippen LogP) is 2.14. The molecule has 2 rings (SSSR count). The Hall–Kier alpha value is -1.30. The average Bonchev–Trinajstić information content (AvgIpc) is 2.69. The highest BCUT2D eigenvalue weighted by atomic mass is 32.1. The van der Waals surface area contributed by atoms with Gasteiger partial charge in [0.25, 0.3) is 0 Å². The predicted molar refractivity (Wildman–Crippen MR) is 62.4 cm³/mol. The van der Waals surface area contributed by atoms with E-state index in [1.807, 2.05) is 19.1 Å². The molecule has 0 radical (unpaired) electrons. The number of thiophene rings is 1. The first kappa shape index (κ1) is 11.2. The van der Waals surface area contributed by atoms with Crippen molar-refractivity contribution in [1.82, 2.24) is 10.4 Å². The minimum Gasteiger partial charge on any atom is -0.271 e. The van der Waals surface area contributed by atoms with Gasteiger partial charge in [-0.05, 0) is 25.1 Å². The zero-order valence-corrected chi connectivity index (χ0v) is 9.59. The van der Waals surface area contributed by atoms with E-state index in [4.69, 9.17) is 5.84 Å². The maximum atomic E-state index is 13.6. The molecular formula is C11H12FN3S. The van der Waals surface area contributed by atoms with E-state index < -0.39 is 0 Å². The third-order valence-electron chi connectivity index (χ3n) is 2.33. The van der Waals surface area contributed by atoms with Crippen molar-refractivity contribution in [3.8, 4) is 0 Å². The molecule has 0 spiro atoms. The number of pyridine rings is 1. The normalized spacial score (nSPS) is 12.7. The van der Waals surface area contributed by atoms with Crippen LogP contribution >= 0.6 is 11.3 Å². The highest BCUT2D eigenvalue weighted by Gasteiger charge is 2.17. The fourth-order valence-corrected chi connectivity index (χ4v) is 2.51. The number of hydrazine groups is 1. The van der Waals surface area contributed by atoms with Crippen molar-refractivity contribution in [2.24, 2.45) is 5.84 Å². The van der Waals surface area contributed by atoms with Crippen LogP contribution in [0.15, 0.2) is 30.6 Å². The number of hydrogen-bond donors (Lipinski definition) is 2. The molecule has 0 saturated heterocycles. The van der Waals surface area contributed by atoms with Crippen molar-refractivity contribution in [3.05, 3.63) is 51.7 Å². The summed E-state index contributed by atoms with van der Waals surface area (Å²) in [6.45, 7) is 2.00. The molecule has 1 atom stereocenters. The first-order chi connectivity index (χ1) is 7.72. The first-order valence-corrected chi connectivity index (χ1v) is 5.66. The summed E-state index contributed by atoms with van der Waals surface area (Å²) in [6, 6.07) is 5.25. The number of nitrogens with two attached hydrogens (primary N) is 1. The zero-order valence-electron chi connectivity index (χ0n) is 8.77. The lowest BCUT2D eigenvalue weighted by molar-refractivity contribution is 0.559. The van der Waals surface area contributed by atoms with Crippen LogP contribution in [0.3, 0.4) is 0 Å². The van der Waals surface area contributed by atoms with Crippen LogP contribution < -0.4 is 11.3 Å². The Morgan fingerprint density at radius 2 is 2.25 bits per heavy atom. The maximum Gasteiger partial charge on any atom is 0.146 e. The second-order valence-corrected chi connectivity index (χ2v) is 4.76. The lowest BCUT2D eigenvalue weighted by Gasteiger charge is -2.14. The molecular weight excluding hydrogens is 225 g/mol. The van der Waals surface area contributed by atoms with Crippen molar-refractivity contribution in [3.63, 3.8) is 0 Å². The number of aromatic nitrogens is 1. The highest BCUT2D eigenvalue weighted by Crippen LogP contribution is 2.28. The van der Waals surface area contributed by atoms with Crippen molar-refractivity contribution in [1.29, 1.82) is 0 Å². The monoisotopic (exact) mass is 237 g/mol. The number of halogens is 1. The molecule has 0 fully saturated rings. The van der Waals surface area contributed by atoms with Crippen LogP contribution in [0, 0.1) is 12.7 Å². The molecule has 2 heterocycles. The number of rotatable bonds is 3. The van der Waals surface area contributed by atoms with E-state index in [0.29, 0.717) is 5.56 Å². The maximum absolute atomic E-state index is 13.6.